The van der Waals surface area contributed by atoms with Gasteiger partial charge in [0.05, 0.1) is 12.6 Å². The molecular weight excluding hydrogens is 318 g/mol. The molecule has 1 aliphatic heterocycles. The van der Waals surface area contributed by atoms with Crippen molar-refractivity contribution in [2.45, 2.75) is 39.3 Å². The first-order valence-corrected chi connectivity index (χ1v) is 8.79. The molecule has 1 atom stereocenters. The second-order valence-electron chi connectivity index (χ2n) is 6.51. The zero-order valence-electron chi connectivity index (χ0n) is 14.7. The van der Waals surface area contributed by atoms with Crippen molar-refractivity contribution in [3.8, 4) is 5.75 Å². The van der Waals surface area contributed by atoms with Gasteiger partial charge in [-0.15, -0.1) is 10.2 Å². The van der Waals surface area contributed by atoms with Gasteiger partial charge in [0, 0.05) is 13.0 Å². The molecule has 0 radical (unpaired) electrons. The maximum atomic E-state index is 12.2. The van der Waals surface area contributed by atoms with Crippen molar-refractivity contribution >= 4 is 6.03 Å². The first-order chi connectivity index (χ1) is 12.1. The van der Waals surface area contributed by atoms with E-state index in [9.17, 15) is 4.79 Å². The number of ether oxygens (including phenoxy) is 1. The molecule has 0 saturated heterocycles. The average Bonchev–Trinajstić information content (AvgIpc) is 3.21. The van der Waals surface area contributed by atoms with E-state index in [4.69, 9.17) is 4.74 Å². The number of amides is 2. The number of hydrogen-bond acceptors (Lipinski definition) is 4. The summed E-state index contributed by atoms with van der Waals surface area (Å²) in [5.74, 6) is 2.88. The molecule has 1 aromatic heterocycles. The number of carbonyl (C=O) groups is 1. The van der Waals surface area contributed by atoms with Gasteiger partial charge in [0.15, 0.2) is 5.82 Å². The van der Waals surface area contributed by atoms with Crippen molar-refractivity contribution in [3.63, 3.8) is 0 Å². The molecule has 134 valence electrons. The molecule has 2 N–H and O–H groups in total. The van der Waals surface area contributed by atoms with Gasteiger partial charge in [-0.05, 0) is 24.5 Å². The van der Waals surface area contributed by atoms with Crippen LogP contribution in [-0.2, 0) is 13.0 Å². The third-order valence-corrected chi connectivity index (χ3v) is 4.27. The highest BCUT2D eigenvalue weighted by Crippen LogP contribution is 2.24. The molecule has 2 aromatic rings. The molecule has 25 heavy (non-hydrogen) atoms. The van der Waals surface area contributed by atoms with E-state index in [1.165, 1.54) is 0 Å². The summed E-state index contributed by atoms with van der Waals surface area (Å²) in [7, 11) is 0. The van der Waals surface area contributed by atoms with Crippen LogP contribution in [-0.4, -0.2) is 33.9 Å². The smallest absolute Gasteiger partial charge is 0.315 e. The highest BCUT2D eigenvalue weighted by Gasteiger charge is 2.27. The fourth-order valence-electron chi connectivity index (χ4n) is 2.97. The number of carbonyl (C=O) groups excluding carboxylic acids is 1. The van der Waals surface area contributed by atoms with E-state index in [-0.39, 0.29) is 18.0 Å². The molecule has 7 heteroatoms. The minimum Gasteiger partial charge on any atom is -0.492 e. The molecule has 2 amide bonds. The maximum Gasteiger partial charge on any atom is 0.315 e. The van der Waals surface area contributed by atoms with Crippen LogP contribution >= 0.6 is 0 Å². The number of rotatable bonds is 7. The number of aromatic nitrogens is 3. The van der Waals surface area contributed by atoms with Crippen molar-refractivity contribution in [2.24, 2.45) is 5.92 Å². The van der Waals surface area contributed by atoms with Crippen LogP contribution in [0.1, 0.15) is 38.0 Å². The van der Waals surface area contributed by atoms with Crippen LogP contribution in [0.25, 0.3) is 0 Å². The Labute approximate surface area is 147 Å². The third kappa shape index (κ3) is 4.29. The molecule has 1 aromatic carbocycles. The van der Waals surface area contributed by atoms with Crippen LogP contribution in [0.15, 0.2) is 30.3 Å². The van der Waals surface area contributed by atoms with Crippen molar-refractivity contribution < 1.29 is 9.53 Å². The van der Waals surface area contributed by atoms with Gasteiger partial charge >= 0.3 is 6.03 Å². The summed E-state index contributed by atoms with van der Waals surface area (Å²) in [6.07, 6.45) is 2.05. The van der Waals surface area contributed by atoms with Crippen LogP contribution in [0.4, 0.5) is 4.79 Å². The van der Waals surface area contributed by atoms with Gasteiger partial charge in [-0.2, -0.15) is 0 Å². The number of hydrogen-bond donors (Lipinski definition) is 2. The summed E-state index contributed by atoms with van der Waals surface area (Å²) in [5, 5.41) is 14.4. The van der Waals surface area contributed by atoms with Crippen LogP contribution in [0.5, 0.6) is 5.75 Å². The predicted octanol–water partition coefficient (Wildman–Crippen LogP) is 2.30. The van der Waals surface area contributed by atoms with E-state index in [1.807, 2.05) is 30.3 Å². The molecule has 2 heterocycles. The second kappa shape index (κ2) is 8.00. The lowest BCUT2D eigenvalue weighted by Gasteiger charge is -2.22. The van der Waals surface area contributed by atoms with Crippen LogP contribution in [0, 0.1) is 5.92 Å². The highest BCUT2D eigenvalue weighted by molar-refractivity contribution is 5.74. The minimum absolute atomic E-state index is 0.158. The molecule has 0 spiro atoms. The van der Waals surface area contributed by atoms with Crippen molar-refractivity contribution in [3.05, 3.63) is 42.0 Å². The molecule has 0 aliphatic carbocycles. The molecule has 0 bridgehead atoms. The van der Waals surface area contributed by atoms with Gasteiger partial charge in [-0.25, -0.2) is 4.79 Å². The minimum atomic E-state index is -0.217. The van der Waals surface area contributed by atoms with E-state index in [0.717, 1.165) is 36.8 Å². The van der Waals surface area contributed by atoms with E-state index in [0.29, 0.717) is 13.2 Å². The third-order valence-electron chi connectivity index (χ3n) is 4.27. The van der Waals surface area contributed by atoms with E-state index in [1.54, 1.807) is 0 Å². The van der Waals surface area contributed by atoms with Gasteiger partial charge in [-0.3, -0.25) is 0 Å². The number of nitrogens with zero attached hydrogens (tertiary/aromatic N) is 3. The molecule has 3 rings (SSSR count). The lowest BCUT2D eigenvalue weighted by molar-refractivity contribution is 0.227. The summed E-state index contributed by atoms with van der Waals surface area (Å²) in [4.78, 5) is 12.2. The normalized spacial score (nSPS) is 14.2. The van der Waals surface area contributed by atoms with Crippen molar-refractivity contribution in [1.29, 1.82) is 0 Å². The Kier molecular flexibility index (Phi) is 5.53. The molecule has 1 aliphatic rings. The first kappa shape index (κ1) is 17.3. The zero-order valence-corrected chi connectivity index (χ0v) is 14.7. The lowest BCUT2D eigenvalue weighted by atomic mass is 10.0. The summed E-state index contributed by atoms with van der Waals surface area (Å²) in [5.41, 5.74) is 0. The Bertz CT molecular complexity index is 699. The maximum absolute atomic E-state index is 12.2. The quantitative estimate of drug-likeness (QED) is 0.756. The summed E-state index contributed by atoms with van der Waals surface area (Å²) < 4.78 is 7.70. The Balaban J connectivity index is 1.49. The first-order valence-electron chi connectivity index (χ1n) is 8.79. The predicted molar refractivity (Wildman–Crippen MR) is 94.4 cm³/mol. The van der Waals surface area contributed by atoms with E-state index in [2.05, 4.69) is 39.2 Å². The topological polar surface area (TPSA) is 81.1 Å². The van der Waals surface area contributed by atoms with Crippen LogP contribution in [0.2, 0.25) is 0 Å². The Hall–Kier alpha value is -2.57. The van der Waals surface area contributed by atoms with Gasteiger partial charge in [0.25, 0.3) is 0 Å². The van der Waals surface area contributed by atoms with Gasteiger partial charge < -0.3 is 19.9 Å². The molecule has 0 saturated carbocycles. The number of nitrogens with one attached hydrogen (secondary N) is 2. The van der Waals surface area contributed by atoms with E-state index < -0.39 is 0 Å². The average molecular weight is 343 g/mol. The highest BCUT2D eigenvalue weighted by atomic mass is 16.5. The van der Waals surface area contributed by atoms with Crippen molar-refractivity contribution in [1.82, 2.24) is 25.4 Å². The van der Waals surface area contributed by atoms with Gasteiger partial charge in [0.2, 0.25) is 0 Å². The Morgan fingerprint density at radius 1 is 1.28 bits per heavy atom. The molecule has 0 fully saturated rings. The van der Waals surface area contributed by atoms with E-state index >= 15 is 0 Å². The Morgan fingerprint density at radius 2 is 2.08 bits per heavy atom. The molecule has 7 nitrogen and oxygen atoms in total. The monoisotopic (exact) mass is 343 g/mol. The summed E-state index contributed by atoms with van der Waals surface area (Å²) in [6, 6.07) is 9.17. The molecular formula is C18H25N5O2. The largest absolute Gasteiger partial charge is 0.492 e. The zero-order chi connectivity index (χ0) is 17.6. The Morgan fingerprint density at radius 3 is 2.84 bits per heavy atom. The number of benzene rings is 1. The lowest BCUT2D eigenvalue weighted by Crippen LogP contribution is -2.42. The number of aryl methyl sites for hydroxylation is 1. The van der Waals surface area contributed by atoms with Crippen molar-refractivity contribution in [2.75, 3.05) is 13.2 Å². The summed E-state index contributed by atoms with van der Waals surface area (Å²) in [6.45, 7) is 5.92. The molecule has 0 unspecified atom stereocenters. The number of urea groups is 1. The SMILES string of the molecule is CC(C)[C@@H](NC(=O)NCCOc1ccccc1)c1nnc2n1CCC2. The van der Waals surface area contributed by atoms with Crippen LogP contribution in [0.3, 0.4) is 0 Å². The summed E-state index contributed by atoms with van der Waals surface area (Å²) >= 11 is 0. The fraction of sp³-hybridized carbons (Fsp3) is 0.500. The number of fused-ring (bicyclic) bond motifs is 1. The van der Waals surface area contributed by atoms with Gasteiger partial charge in [0.1, 0.15) is 18.2 Å². The second-order valence-corrected chi connectivity index (χ2v) is 6.51. The van der Waals surface area contributed by atoms with Crippen LogP contribution < -0.4 is 15.4 Å². The van der Waals surface area contributed by atoms with Gasteiger partial charge in [-0.1, -0.05) is 32.0 Å². The standard InChI is InChI=1S/C18H25N5O2/c1-13(2)16(17-22-21-15-9-6-11-23(15)17)20-18(24)19-10-12-25-14-7-4-3-5-8-14/h3-5,7-8,13,16H,6,9-12H2,1-2H3,(H2,19,20,24)/t16-/m1/s1. The number of para-hydroxylation sites is 1. The fourth-order valence-corrected chi connectivity index (χ4v) is 2.97.